The van der Waals surface area contributed by atoms with Crippen molar-refractivity contribution in [3.8, 4) is 0 Å². The smallest absolute Gasteiger partial charge is 0.243 e. The lowest BCUT2D eigenvalue weighted by atomic mass is 10.1. The number of hydrogen-bond acceptors (Lipinski definition) is 5. The van der Waals surface area contributed by atoms with Crippen LogP contribution in [0.3, 0.4) is 0 Å². The molecule has 5 nitrogen and oxygen atoms in total. The fourth-order valence-electron chi connectivity index (χ4n) is 2.26. The van der Waals surface area contributed by atoms with E-state index in [9.17, 15) is 8.42 Å². The number of benzene rings is 1. The second-order valence-corrected chi connectivity index (χ2v) is 7.99. The van der Waals surface area contributed by atoms with Gasteiger partial charge < -0.3 is 5.43 Å². The summed E-state index contributed by atoms with van der Waals surface area (Å²) in [6, 6.07) is 8.25. The Morgan fingerprint density at radius 3 is 2.48 bits per heavy atom. The predicted molar refractivity (Wildman–Crippen MR) is 86.8 cm³/mol. The first-order valence-electron chi connectivity index (χ1n) is 6.50. The van der Waals surface area contributed by atoms with E-state index in [1.165, 1.54) is 6.07 Å². The van der Waals surface area contributed by atoms with E-state index < -0.39 is 10.0 Å². The zero-order valence-electron chi connectivity index (χ0n) is 12.2. The zero-order valence-corrected chi connectivity index (χ0v) is 13.8. The molecule has 1 heterocycles. The van der Waals surface area contributed by atoms with Crippen LogP contribution in [0.5, 0.6) is 0 Å². The van der Waals surface area contributed by atoms with E-state index >= 15 is 0 Å². The number of sulfonamides is 1. The van der Waals surface area contributed by atoms with Crippen molar-refractivity contribution in [2.24, 2.45) is 5.84 Å². The lowest BCUT2D eigenvalue weighted by molar-refractivity contribution is 0.567. The van der Waals surface area contributed by atoms with Gasteiger partial charge in [-0.15, -0.1) is 11.3 Å². The molecule has 114 valence electrons. The Kier molecular flexibility index (Phi) is 4.67. The molecule has 4 N–H and O–H groups in total. The van der Waals surface area contributed by atoms with Crippen molar-refractivity contribution in [1.82, 2.24) is 4.72 Å². The first-order valence-corrected chi connectivity index (χ1v) is 8.80. The highest BCUT2D eigenvalue weighted by Gasteiger charge is 2.22. The SMILES string of the molecule is Cc1cc(C(C)NS(=O)(=O)c2ccccc2NN)c(C)s1. The van der Waals surface area contributed by atoms with Crippen molar-refractivity contribution in [3.63, 3.8) is 0 Å². The standard InChI is InChI=1S/C14H19N3O2S2/c1-9-8-12(11(3)20-9)10(2)17-21(18,19)14-7-5-4-6-13(14)16-15/h4-8,10,16-17H,15H2,1-3H3. The minimum absolute atomic E-state index is 0.143. The normalized spacial score (nSPS) is 13.1. The van der Waals surface area contributed by atoms with Gasteiger partial charge in [0.15, 0.2) is 0 Å². The molecule has 1 unspecified atom stereocenters. The summed E-state index contributed by atoms with van der Waals surface area (Å²) in [7, 11) is -3.65. The van der Waals surface area contributed by atoms with Gasteiger partial charge >= 0.3 is 0 Å². The fourth-order valence-corrected chi connectivity index (χ4v) is 4.68. The van der Waals surface area contributed by atoms with Gasteiger partial charge in [0.05, 0.1) is 5.69 Å². The molecule has 21 heavy (non-hydrogen) atoms. The second kappa shape index (κ2) is 6.15. The Morgan fingerprint density at radius 1 is 1.24 bits per heavy atom. The third kappa shape index (κ3) is 3.44. The summed E-state index contributed by atoms with van der Waals surface area (Å²) in [5.41, 5.74) is 3.78. The number of hydrazine groups is 1. The molecule has 7 heteroatoms. The van der Waals surface area contributed by atoms with E-state index in [-0.39, 0.29) is 10.9 Å². The van der Waals surface area contributed by atoms with Crippen LogP contribution in [0.4, 0.5) is 5.69 Å². The Morgan fingerprint density at radius 2 is 1.90 bits per heavy atom. The minimum Gasteiger partial charge on any atom is -0.323 e. The fraction of sp³-hybridized carbons (Fsp3) is 0.286. The van der Waals surface area contributed by atoms with Gasteiger partial charge in [0.2, 0.25) is 10.0 Å². The van der Waals surface area contributed by atoms with Gasteiger partial charge in [-0.3, -0.25) is 5.84 Å². The van der Waals surface area contributed by atoms with Crippen molar-refractivity contribution < 1.29 is 8.42 Å². The van der Waals surface area contributed by atoms with Crippen molar-refractivity contribution in [1.29, 1.82) is 0 Å². The number of thiophene rings is 1. The van der Waals surface area contributed by atoms with Crippen molar-refractivity contribution in [2.45, 2.75) is 31.7 Å². The number of para-hydroxylation sites is 1. The van der Waals surface area contributed by atoms with Crippen LogP contribution in [0.2, 0.25) is 0 Å². The van der Waals surface area contributed by atoms with Gasteiger partial charge in [0.1, 0.15) is 4.90 Å². The Balaban J connectivity index is 2.31. The molecule has 0 aliphatic heterocycles. The molecule has 0 spiro atoms. The van der Waals surface area contributed by atoms with Crippen molar-refractivity contribution in [2.75, 3.05) is 5.43 Å². The minimum atomic E-state index is -3.65. The average Bonchev–Trinajstić information content (AvgIpc) is 2.77. The predicted octanol–water partition coefficient (Wildman–Crippen LogP) is 2.69. The molecular weight excluding hydrogens is 306 g/mol. The van der Waals surface area contributed by atoms with Crippen molar-refractivity contribution >= 4 is 27.0 Å². The van der Waals surface area contributed by atoms with Gasteiger partial charge in [0.25, 0.3) is 0 Å². The first-order chi connectivity index (χ1) is 9.85. The first kappa shape index (κ1) is 16.0. The number of hydrogen-bond donors (Lipinski definition) is 3. The largest absolute Gasteiger partial charge is 0.323 e. The Hall–Kier alpha value is -1.41. The van der Waals surface area contributed by atoms with Crippen LogP contribution in [-0.2, 0) is 10.0 Å². The molecule has 0 fully saturated rings. The van der Waals surface area contributed by atoms with Crippen molar-refractivity contribution in [3.05, 3.63) is 45.6 Å². The highest BCUT2D eigenvalue weighted by molar-refractivity contribution is 7.89. The second-order valence-electron chi connectivity index (χ2n) is 4.85. The summed E-state index contributed by atoms with van der Waals surface area (Å²) in [5, 5.41) is 0. The maximum absolute atomic E-state index is 12.5. The number of aryl methyl sites for hydroxylation is 2. The topological polar surface area (TPSA) is 84.2 Å². The molecule has 0 bridgehead atoms. The molecule has 0 saturated heterocycles. The maximum atomic E-state index is 12.5. The van der Waals surface area contributed by atoms with E-state index in [2.05, 4.69) is 10.1 Å². The number of nitrogens with two attached hydrogens (primary N) is 1. The van der Waals surface area contributed by atoms with Gasteiger partial charge in [-0.25, -0.2) is 13.1 Å². The summed E-state index contributed by atoms with van der Waals surface area (Å²) >= 11 is 1.66. The summed E-state index contributed by atoms with van der Waals surface area (Å²) in [5.74, 6) is 5.38. The van der Waals surface area contributed by atoms with Crippen LogP contribution in [0, 0.1) is 13.8 Å². The lowest BCUT2D eigenvalue weighted by Gasteiger charge is -2.16. The molecule has 1 atom stereocenters. The molecule has 0 radical (unpaired) electrons. The molecule has 0 amide bonds. The highest BCUT2D eigenvalue weighted by atomic mass is 32.2. The summed E-state index contributed by atoms with van der Waals surface area (Å²) in [6.45, 7) is 5.84. The van der Waals surface area contributed by atoms with E-state index in [4.69, 9.17) is 5.84 Å². The molecule has 0 aliphatic carbocycles. The quantitative estimate of drug-likeness (QED) is 0.583. The molecular formula is C14H19N3O2S2. The number of rotatable bonds is 5. The maximum Gasteiger partial charge on any atom is 0.243 e. The summed E-state index contributed by atoms with van der Waals surface area (Å²) < 4.78 is 27.7. The lowest BCUT2D eigenvalue weighted by Crippen LogP contribution is -2.28. The van der Waals surface area contributed by atoms with Gasteiger partial charge in [-0.2, -0.15) is 0 Å². The van der Waals surface area contributed by atoms with Crippen LogP contribution in [0.25, 0.3) is 0 Å². The highest BCUT2D eigenvalue weighted by Crippen LogP contribution is 2.28. The van der Waals surface area contributed by atoms with Gasteiger partial charge in [-0.05, 0) is 44.5 Å². The van der Waals surface area contributed by atoms with E-state index in [0.29, 0.717) is 5.69 Å². The number of nitrogens with one attached hydrogen (secondary N) is 2. The zero-order chi connectivity index (χ0) is 15.6. The molecule has 2 aromatic rings. The molecule has 0 saturated carbocycles. The van der Waals surface area contributed by atoms with E-state index in [1.807, 2.05) is 26.8 Å². The molecule has 1 aromatic heterocycles. The van der Waals surface area contributed by atoms with Crippen LogP contribution < -0.4 is 16.0 Å². The van der Waals surface area contributed by atoms with Crippen LogP contribution in [-0.4, -0.2) is 8.42 Å². The monoisotopic (exact) mass is 325 g/mol. The van der Waals surface area contributed by atoms with Gasteiger partial charge in [-0.1, -0.05) is 12.1 Å². The Labute approximate surface area is 129 Å². The van der Waals surface area contributed by atoms with Crippen LogP contribution in [0.1, 0.15) is 28.3 Å². The van der Waals surface area contributed by atoms with E-state index in [0.717, 1.165) is 15.3 Å². The van der Waals surface area contributed by atoms with E-state index in [1.54, 1.807) is 29.5 Å². The van der Waals surface area contributed by atoms with Crippen LogP contribution >= 0.6 is 11.3 Å². The third-order valence-electron chi connectivity index (χ3n) is 3.21. The number of nitrogen functional groups attached to an aromatic ring is 1. The van der Waals surface area contributed by atoms with Gasteiger partial charge in [0, 0.05) is 15.8 Å². The summed E-state index contributed by atoms with van der Waals surface area (Å²) in [6.07, 6.45) is 0. The van der Waals surface area contributed by atoms with Crippen LogP contribution in [0.15, 0.2) is 35.2 Å². The number of anilines is 1. The molecule has 1 aromatic carbocycles. The summed E-state index contributed by atoms with van der Waals surface area (Å²) in [4.78, 5) is 2.43. The average molecular weight is 325 g/mol. The molecule has 2 rings (SSSR count). The Bertz CT molecular complexity index is 738. The third-order valence-corrected chi connectivity index (χ3v) is 5.79. The molecule has 0 aliphatic rings.